The summed E-state index contributed by atoms with van der Waals surface area (Å²) in [5, 5.41) is 2.57. The van der Waals surface area contributed by atoms with Crippen molar-refractivity contribution < 1.29 is 27.5 Å². The van der Waals surface area contributed by atoms with E-state index >= 15 is 0 Å². The molecule has 1 aliphatic rings. The van der Waals surface area contributed by atoms with E-state index in [-0.39, 0.29) is 12.8 Å². The van der Waals surface area contributed by atoms with Gasteiger partial charge in [0.1, 0.15) is 6.04 Å². The summed E-state index contributed by atoms with van der Waals surface area (Å²) in [7, 11) is 1.22. The molecule has 0 saturated heterocycles. The van der Waals surface area contributed by atoms with Crippen molar-refractivity contribution in [3.8, 4) is 0 Å². The van der Waals surface area contributed by atoms with Crippen LogP contribution in [0.25, 0.3) is 0 Å². The Balaban J connectivity index is 2.76. The average Bonchev–Trinajstić information content (AvgIpc) is 2.41. The lowest BCUT2D eigenvalue weighted by Gasteiger charge is -2.33. The molecular weight excluding hydrogens is 299 g/mol. The molecule has 0 heterocycles. The monoisotopic (exact) mass is 323 g/mol. The Labute approximate surface area is 128 Å². The van der Waals surface area contributed by atoms with Crippen molar-refractivity contribution in [2.75, 3.05) is 7.11 Å². The first kappa shape index (κ1) is 18.8. The maximum absolute atomic E-state index is 12.8. The molecular formula is C15H24F3NO3. The molecule has 1 aliphatic carbocycles. The number of ether oxygens (including phenoxy) is 1. The van der Waals surface area contributed by atoms with Crippen molar-refractivity contribution in [1.29, 1.82) is 0 Å². The van der Waals surface area contributed by atoms with Crippen molar-refractivity contribution in [2.45, 2.75) is 58.7 Å². The van der Waals surface area contributed by atoms with Gasteiger partial charge in [-0.15, -0.1) is 0 Å². The standard InChI is InChI=1S/C15H24F3NO3/c1-14(2,3)11(13(21)22-4)19-12(20)9-6-5-7-10(8-9)15(16,17)18/h9-11H,5-8H2,1-4H3,(H,19,20)/t9-,10+,11-/m0/s1. The molecule has 4 nitrogen and oxygen atoms in total. The fourth-order valence-electron chi connectivity index (χ4n) is 2.73. The van der Waals surface area contributed by atoms with E-state index in [0.29, 0.717) is 12.8 Å². The third-order valence-corrected chi connectivity index (χ3v) is 4.10. The lowest BCUT2D eigenvalue weighted by Crippen LogP contribution is -2.52. The van der Waals surface area contributed by atoms with Crippen molar-refractivity contribution in [2.24, 2.45) is 17.3 Å². The van der Waals surface area contributed by atoms with E-state index in [9.17, 15) is 22.8 Å². The number of rotatable bonds is 3. The van der Waals surface area contributed by atoms with Crippen LogP contribution in [0.2, 0.25) is 0 Å². The number of carbonyl (C=O) groups is 2. The highest BCUT2D eigenvalue weighted by Crippen LogP contribution is 2.40. The summed E-state index contributed by atoms with van der Waals surface area (Å²) in [5.74, 6) is -3.25. The van der Waals surface area contributed by atoms with Crippen molar-refractivity contribution in [1.82, 2.24) is 5.32 Å². The highest BCUT2D eigenvalue weighted by atomic mass is 19.4. The predicted octanol–water partition coefficient (Wildman–Crippen LogP) is 3.06. The molecule has 0 spiro atoms. The summed E-state index contributed by atoms with van der Waals surface area (Å²) in [5.41, 5.74) is -0.582. The highest BCUT2D eigenvalue weighted by Gasteiger charge is 2.44. The van der Waals surface area contributed by atoms with Crippen LogP contribution >= 0.6 is 0 Å². The quantitative estimate of drug-likeness (QED) is 0.812. The second kappa shape index (κ2) is 6.87. The maximum atomic E-state index is 12.8. The summed E-state index contributed by atoms with van der Waals surface area (Å²) in [4.78, 5) is 24.0. The third kappa shape index (κ3) is 4.88. The minimum absolute atomic E-state index is 0.0625. The summed E-state index contributed by atoms with van der Waals surface area (Å²) >= 11 is 0. The Morgan fingerprint density at radius 3 is 2.23 bits per heavy atom. The Morgan fingerprint density at radius 1 is 1.18 bits per heavy atom. The zero-order valence-corrected chi connectivity index (χ0v) is 13.4. The highest BCUT2D eigenvalue weighted by molar-refractivity contribution is 5.86. The molecule has 1 saturated carbocycles. The van der Waals surface area contributed by atoms with E-state index in [1.54, 1.807) is 20.8 Å². The zero-order valence-electron chi connectivity index (χ0n) is 13.4. The van der Waals surface area contributed by atoms with Gasteiger partial charge in [-0.2, -0.15) is 13.2 Å². The number of esters is 1. The number of methoxy groups -OCH3 is 1. The molecule has 22 heavy (non-hydrogen) atoms. The number of hydrogen-bond acceptors (Lipinski definition) is 3. The maximum Gasteiger partial charge on any atom is 0.391 e. The van der Waals surface area contributed by atoms with Gasteiger partial charge in [-0.25, -0.2) is 4.79 Å². The molecule has 1 amide bonds. The average molecular weight is 323 g/mol. The molecule has 1 rings (SSSR count). The topological polar surface area (TPSA) is 55.4 Å². The van der Waals surface area contributed by atoms with Crippen LogP contribution in [0.4, 0.5) is 13.2 Å². The normalized spacial score (nSPS) is 24.5. The molecule has 0 radical (unpaired) electrons. The lowest BCUT2D eigenvalue weighted by molar-refractivity contribution is -0.186. The van der Waals surface area contributed by atoms with Gasteiger partial charge in [-0.1, -0.05) is 27.2 Å². The van der Waals surface area contributed by atoms with E-state index in [2.05, 4.69) is 10.1 Å². The fraction of sp³-hybridized carbons (Fsp3) is 0.867. The van der Waals surface area contributed by atoms with E-state index in [0.717, 1.165) is 0 Å². The van der Waals surface area contributed by atoms with Crippen LogP contribution in [0.15, 0.2) is 0 Å². The van der Waals surface area contributed by atoms with Crippen LogP contribution in [0, 0.1) is 17.3 Å². The molecule has 3 atom stereocenters. The lowest BCUT2D eigenvalue weighted by atomic mass is 9.79. The molecule has 0 aliphatic heterocycles. The van der Waals surface area contributed by atoms with Crippen molar-refractivity contribution in [3.05, 3.63) is 0 Å². The summed E-state index contributed by atoms with van der Waals surface area (Å²) < 4.78 is 43.1. The number of hydrogen-bond donors (Lipinski definition) is 1. The van der Waals surface area contributed by atoms with Crippen molar-refractivity contribution >= 4 is 11.9 Å². The second-order valence-electron chi connectivity index (χ2n) is 6.93. The summed E-state index contributed by atoms with van der Waals surface area (Å²) in [6.45, 7) is 5.27. The molecule has 1 fully saturated rings. The summed E-state index contributed by atoms with van der Waals surface area (Å²) in [6, 6.07) is -0.878. The van der Waals surface area contributed by atoms with E-state index in [1.807, 2.05) is 0 Å². The largest absolute Gasteiger partial charge is 0.467 e. The molecule has 0 aromatic heterocycles. The first-order valence-corrected chi connectivity index (χ1v) is 7.41. The van der Waals surface area contributed by atoms with Gasteiger partial charge in [-0.3, -0.25) is 4.79 Å². The van der Waals surface area contributed by atoms with Gasteiger partial charge in [0.25, 0.3) is 0 Å². The predicted molar refractivity (Wildman–Crippen MR) is 74.9 cm³/mol. The molecule has 0 aromatic rings. The first-order valence-electron chi connectivity index (χ1n) is 7.41. The number of nitrogens with one attached hydrogen (secondary N) is 1. The van der Waals surface area contributed by atoms with Gasteiger partial charge >= 0.3 is 12.1 Å². The van der Waals surface area contributed by atoms with Gasteiger partial charge in [0, 0.05) is 5.92 Å². The Morgan fingerprint density at radius 2 is 1.77 bits per heavy atom. The Hall–Kier alpha value is -1.27. The van der Waals surface area contributed by atoms with E-state index in [4.69, 9.17) is 0 Å². The van der Waals surface area contributed by atoms with Crippen LogP contribution < -0.4 is 5.32 Å². The number of halogens is 3. The van der Waals surface area contributed by atoms with Crippen LogP contribution in [0.5, 0.6) is 0 Å². The number of alkyl halides is 3. The molecule has 0 unspecified atom stereocenters. The third-order valence-electron chi connectivity index (χ3n) is 4.10. The van der Waals surface area contributed by atoms with Gasteiger partial charge in [0.15, 0.2) is 0 Å². The smallest absolute Gasteiger partial charge is 0.391 e. The van der Waals surface area contributed by atoms with Crippen LogP contribution in [-0.2, 0) is 14.3 Å². The van der Waals surface area contributed by atoms with Crippen LogP contribution in [0.1, 0.15) is 46.5 Å². The number of carbonyl (C=O) groups excluding carboxylic acids is 2. The van der Waals surface area contributed by atoms with E-state index in [1.165, 1.54) is 7.11 Å². The van der Waals surface area contributed by atoms with Crippen LogP contribution in [0.3, 0.4) is 0 Å². The van der Waals surface area contributed by atoms with Gasteiger partial charge < -0.3 is 10.1 Å². The Kier molecular flexibility index (Phi) is 5.87. The minimum Gasteiger partial charge on any atom is -0.467 e. The van der Waals surface area contributed by atoms with Crippen molar-refractivity contribution in [3.63, 3.8) is 0 Å². The number of amides is 1. The zero-order chi connectivity index (χ0) is 17.1. The fourth-order valence-corrected chi connectivity index (χ4v) is 2.73. The van der Waals surface area contributed by atoms with Gasteiger partial charge in [0.05, 0.1) is 13.0 Å². The van der Waals surface area contributed by atoms with E-state index < -0.39 is 41.3 Å². The van der Waals surface area contributed by atoms with Gasteiger partial charge in [0.2, 0.25) is 5.91 Å². The minimum atomic E-state index is -4.27. The summed E-state index contributed by atoms with van der Waals surface area (Å²) in [6.07, 6.45) is -3.65. The Bertz CT molecular complexity index is 415. The molecule has 7 heteroatoms. The molecule has 0 bridgehead atoms. The SMILES string of the molecule is COC(=O)[C@H](NC(=O)[C@H]1CCC[C@@H](C(F)(F)F)C1)C(C)(C)C. The second-order valence-corrected chi connectivity index (χ2v) is 6.93. The molecule has 128 valence electrons. The first-order chi connectivity index (χ1) is 9.96. The van der Waals surface area contributed by atoms with Gasteiger partial charge in [-0.05, 0) is 24.7 Å². The van der Waals surface area contributed by atoms with Crippen LogP contribution in [-0.4, -0.2) is 31.2 Å². The molecule has 0 aromatic carbocycles. The molecule has 1 N–H and O–H groups in total.